The molecule has 1 aliphatic rings. The first kappa shape index (κ1) is 16.1. The monoisotopic (exact) mass is 343 g/mol. The van der Waals surface area contributed by atoms with Crippen molar-refractivity contribution in [3.05, 3.63) is 28.8 Å². The molecule has 22 heavy (non-hydrogen) atoms. The average molecular weight is 344 g/mol. The highest BCUT2D eigenvalue weighted by molar-refractivity contribution is 7.98. The molecule has 120 valence electrons. The van der Waals surface area contributed by atoms with Crippen LogP contribution in [-0.2, 0) is 11.3 Å². The Labute approximate surface area is 138 Å². The van der Waals surface area contributed by atoms with Gasteiger partial charge in [-0.05, 0) is 32.4 Å². The first-order chi connectivity index (χ1) is 10.3. The number of aromatic nitrogens is 2. The third-order valence-electron chi connectivity index (χ3n) is 3.45. The van der Waals surface area contributed by atoms with E-state index in [1.165, 1.54) is 6.07 Å². The summed E-state index contributed by atoms with van der Waals surface area (Å²) in [5.74, 6) is -0.485. The zero-order chi connectivity index (χ0) is 15.9. The van der Waals surface area contributed by atoms with Gasteiger partial charge >= 0.3 is 0 Å². The van der Waals surface area contributed by atoms with Gasteiger partial charge in [0.15, 0.2) is 11.0 Å². The van der Waals surface area contributed by atoms with E-state index in [1.54, 1.807) is 11.9 Å². The van der Waals surface area contributed by atoms with Crippen molar-refractivity contribution in [1.82, 2.24) is 14.3 Å². The normalized spacial score (nSPS) is 16.2. The van der Waals surface area contributed by atoms with Gasteiger partial charge < -0.3 is 9.30 Å². The number of ether oxygens (including phenoxy) is 1. The third kappa shape index (κ3) is 3.25. The maximum absolute atomic E-state index is 13.8. The van der Waals surface area contributed by atoms with Crippen LogP contribution < -0.4 is 4.72 Å². The van der Waals surface area contributed by atoms with Gasteiger partial charge in [-0.15, -0.1) is 0 Å². The average Bonchev–Trinajstić information content (AvgIpc) is 2.65. The lowest BCUT2D eigenvalue weighted by molar-refractivity contribution is -0.0216. The number of pyridine rings is 1. The molecule has 1 aliphatic heterocycles. The highest BCUT2D eigenvalue weighted by Crippen LogP contribution is 2.30. The van der Waals surface area contributed by atoms with Crippen LogP contribution >= 0.6 is 23.5 Å². The van der Waals surface area contributed by atoms with E-state index in [2.05, 4.69) is 30.5 Å². The van der Waals surface area contributed by atoms with E-state index >= 15 is 0 Å². The molecule has 1 N–H and O–H groups in total. The number of nitrogens with zero attached hydrogens (tertiary/aromatic N) is 2. The van der Waals surface area contributed by atoms with E-state index in [-0.39, 0.29) is 15.9 Å². The van der Waals surface area contributed by atoms with Gasteiger partial charge in [-0.2, -0.15) is 0 Å². The van der Waals surface area contributed by atoms with Crippen LogP contribution in [0, 0.1) is 5.82 Å². The molecule has 1 fully saturated rings. The third-order valence-corrected chi connectivity index (χ3v) is 4.62. The van der Waals surface area contributed by atoms with E-state index in [0.29, 0.717) is 19.8 Å². The second-order valence-electron chi connectivity index (χ2n) is 6.42. The molecular formula is C15H19ClFN3OS. The summed E-state index contributed by atoms with van der Waals surface area (Å²) in [5, 5.41) is 0.714. The fourth-order valence-electron chi connectivity index (χ4n) is 2.32. The van der Waals surface area contributed by atoms with Gasteiger partial charge in [0, 0.05) is 22.9 Å². The van der Waals surface area contributed by atoms with Crippen LogP contribution in [0.3, 0.4) is 0 Å². The predicted octanol–water partition coefficient (Wildman–Crippen LogP) is 3.94. The van der Waals surface area contributed by atoms with Crippen LogP contribution in [0.1, 0.15) is 32.4 Å². The second kappa shape index (κ2) is 6.00. The molecule has 2 aromatic rings. The second-order valence-corrected chi connectivity index (χ2v) is 8.50. The number of rotatable bonds is 4. The van der Waals surface area contributed by atoms with Gasteiger partial charge in [0.05, 0.1) is 19.3 Å². The van der Waals surface area contributed by atoms with Crippen LogP contribution in [0.4, 0.5) is 4.39 Å². The minimum atomic E-state index is -0.485. The molecule has 7 heteroatoms. The molecule has 0 bridgehead atoms. The molecule has 0 aliphatic carbocycles. The Morgan fingerprint density at radius 1 is 1.50 bits per heavy atom. The van der Waals surface area contributed by atoms with Gasteiger partial charge in [0.25, 0.3) is 0 Å². The Kier molecular flexibility index (Phi) is 4.38. The van der Waals surface area contributed by atoms with Crippen molar-refractivity contribution in [2.75, 3.05) is 13.2 Å². The highest BCUT2D eigenvalue weighted by Gasteiger charge is 2.24. The SMILES string of the molecule is CC(C)(C)SNCc1cn(C2COC2)c2nc(Cl)c(F)cc12. The van der Waals surface area contributed by atoms with Crippen molar-refractivity contribution in [1.29, 1.82) is 0 Å². The zero-order valence-electron chi connectivity index (χ0n) is 12.8. The molecule has 0 saturated carbocycles. The predicted molar refractivity (Wildman–Crippen MR) is 88.7 cm³/mol. The molecule has 2 aromatic heterocycles. The van der Waals surface area contributed by atoms with E-state index in [1.807, 2.05) is 10.8 Å². The van der Waals surface area contributed by atoms with E-state index in [0.717, 1.165) is 16.6 Å². The van der Waals surface area contributed by atoms with E-state index in [4.69, 9.17) is 16.3 Å². The Balaban J connectivity index is 1.93. The van der Waals surface area contributed by atoms with Crippen LogP contribution in [0.2, 0.25) is 5.15 Å². The molecule has 0 atom stereocenters. The van der Waals surface area contributed by atoms with Gasteiger partial charge in [-0.25, -0.2) is 9.37 Å². The molecule has 3 rings (SSSR count). The quantitative estimate of drug-likeness (QED) is 0.674. The number of nitrogens with one attached hydrogen (secondary N) is 1. The molecule has 0 radical (unpaired) electrons. The number of halogens is 2. The molecular weight excluding hydrogens is 325 g/mol. The number of hydrogen-bond donors (Lipinski definition) is 1. The Hall–Kier alpha value is -0.820. The van der Waals surface area contributed by atoms with E-state index in [9.17, 15) is 4.39 Å². The summed E-state index contributed by atoms with van der Waals surface area (Å²) in [6.45, 7) is 8.37. The Morgan fingerprint density at radius 2 is 2.23 bits per heavy atom. The van der Waals surface area contributed by atoms with Crippen molar-refractivity contribution < 1.29 is 9.13 Å². The van der Waals surface area contributed by atoms with Crippen LogP contribution in [0.5, 0.6) is 0 Å². The van der Waals surface area contributed by atoms with Crippen molar-refractivity contribution >= 4 is 34.6 Å². The Morgan fingerprint density at radius 3 is 2.82 bits per heavy atom. The molecule has 0 amide bonds. The van der Waals surface area contributed by atoms with Gasteiger partial charge in [-0.3, -0.25) is 4.72 Å². The van der Waals surface area contributed by atoms with E-state index < -0.39 is 5.82 Å². The smallest absolute Gasteiger partial charge is 0.167 e. The summed E-state index contributed by atoms with van der Waals surface area (Å²) in [6, 6.07) is 1.72. The molecule has 0 aromatic carbocycles. The molecule has 4 nitrogen and oxygen atoms in total. The fourth-order valence-corrected chi connectivity index (χ4v) is 3.12. The summed E-state index contributed by atoms with van der Waals surface area (Å²) >= 11 is 7.51. The number of hydrogen-bond acceptors (Lipinski definition) is 4. The molecule has 1 saturated heterocycles. The lowest BCUT2D eigenvalue weighted by atomic mass is 10.2. The van der Waals surface area contributed by atoms with Crippen LogP contribution in [-0.4, -0.2) is 27.5 Å². The Bertz CT molecular complexity index is 694. The van der Waals surface area contributed by atoms with Gasteiger partial charge in [-0.1, -0.05) is 23.5 Å². The lowest BCUT2D eigenvalue weighted by Gasteiger charge is -2.27. The summed E-state index contributed by atoms with van der Waals surface area (Å²) in [6.07, 6.45) is 2.02. The van der Waals surface area contributed by atoms with Crippen molar-refractivity contribution in [2.45, 2.75) is 38.1 Å². The lowest BCUT2D eigenvalue weighted by Crippen LogP contribution is -2.30. The highest BCUT2D eigenvalue weighted by atomic mass is 35.5. The summed E-state index contributed by atoms with van der Waals surface area (Å²) in [4.78, 5) is 4.22. The van der Waals surface area contributed by atoms with Crippen molar-refractivity contribution in [2.24, 2.45) is 0 Å². The summed E-state index contributed by atoms with van der Waals surface area (Å²) in [5.41, 5.74) is 1.74. The van der Waals surface area contributed by atoms with Crippen LogP contribution in [0.15, 0.2) is 12.3 Å². The fraction of sp³-hybridized carbons (Fsp3) is 0.533. The minimum absolute atomic E-state index is 0.0873. The number of fused-ring (bicyclic) bond motifs is 1. The minimum Gasteiger partial charge on any atom is -0.377 e. The molecule has 3 heterocycles. The first-order valence-electron chi connectivity index (χ1n) is 7.19. The largest absolute Gasteiger partial charge is 0.377 e. The summed E-state index contributed by atoms with van der Waals surface area (Å²) < 4.78 is 24.6. The summed E-state index contributed by atoms with van der Waals surface area (Å²) in [7, 11) is 0. The van der Waals surface area contributed by atoms with Crippen molar-refractivity contribution in [3.8, 4) is 0 Å². The van der Waals surface area contributed by atoms with Gasteiger partial charge in [0.2, 0.25) is 0 Å². The first-order valence-corrected chi connectivity index (χ1v) is 8.38. The maximum atomic E-state index is 13.8. The maximum Gasteiger partial charge on any atom is 0.167 e. The van der Waals surface area contributed by atoms with Crippen LogP contribution in [0.25, 0.3) is 11.0 Å². The topological polar surface area (TPSA) is 39.1 Å². The zero-order valence-corrected chi connectivity index (χ0v) is 14.4. The van der Waals surface area contributed by atoms with Gasteiger partial charge in [0.1, 0.15) is 5.65 Å². The standard InChI is InChI=1S/C15H19ClFN3OS/c1-15(2,3)22-18-5-9-6-20(10-7-21-8-10)14-11(9)4-12(17)13(16)19-14/h4,6,10,18H,5,7-8H2,1-3H3. The van der Waals surface area contributed by atoms with Crippen molar-refractivity contribution in [3.63, 3.8) is 0 Å². The molecule has 0 spiro atoms. The molecule has 0 unspecified atom stereocenters.